The van der Waals surface area contributed by atoms with E-state index in [1.807, 2.05) is 38.1 Å². The lowest BCUT2D eigenvalue weighted by molar-refractivity contribution is -0.141. The van der Waals surface area contributed by atoms with E-state index in [0.717, 1.165) is 21.7 Å². The van der Waals surface area contributed by atoms with Gasteiger partial charge in [0.2, 0.25) is 21.8 Å². The van der Waals surface area contributed by atoms with Crippen LogP contribution in [0.3, 0.4) is 0 Å². The molecule has 0 unspecified atom stereocenters. The zero-order valence-corrected chi connectivity index (χ0v) is 20.4. The van der Waals surface area contributed by atoms with Crippen molar-refractivity contribution in [1.29, 1.82) is 0 Å². The number of sulfonamides is 1. The highest BCUT2D eigenvalue weighted by Crippen LogP contribution is 2.20. The Labute approximate surface area is 195 Å². The average Bonchev–Trinajstić information content (AvgIpc) is 2.76. The second-order valence-corrected chi connectivity index (χ2v) is 9.87. The van der Waals surface area contributed by atoms with Gasteiger partial charge in [0.1, 0.15) is 11.9 Å². The summed E-state index contributed by atoms with van der Waals surface area (Å²) in [6.45, 7) is 4.14. The van der Waals surface area contributed by atoms with Crippen molar-refractivity contribution in [2.45, 2.75) is 45.7 Å². The van der Waals surface area contributed by atoms with Crippen LogP contribution < -0.4 is 9.62 Å². The lowest BCUT2D eigenvalue weighted by Gasteiger charge is -2.31. The monoisotopic (exact) mass is 477 g/mol. The molecule has 0 radical (unpaired) electrons. The van der Waals surface area contributed by atoms with Crippen molar-refractivity contribution in [2.24, 2.45) is 0 Å². The fourth-order valence-corrected chi connectivity index (χ4v) is 4.67. The summed E-state index contributed by atoms with van der Waals surface area (Å²) in [6, 6.07) is 12.3. The summed E-state index contributed by atoms with van der Waals surface area (Å²) < 4.78 is 38.9. The summed E-state index contributed by atoms with van der Waals surface area (Å²) in [7, 11) is -2.08. The summed E-state index contributed by atoms with van der Waals surface area (Å²) >= 11 is 0. The maximum atomic E-state index is 13.3. The van der Waals surface area contributed by atoms with E-state index in [1.165, 1.54) is 31.3 Å². The number of hydrogen-bond acceptors (Lipinski definition) is 4. The Hall–Kier alpha value is -2.94. The Morgan fingerprint density at radius 1 is 1.12 bits per heavy atom. The quantitative estimate of drug-likeness (QED) is 0.538. The van der Waals surface area contributed by atoms with Crippen LogP contribution in [0.2, 0.25) is 0 Å². The average molecular weight is 478 g/mol. The van der Waals surface area contributed by atoms with Gasteiger partial charge in [0.25, 0.3) is 0 Å². The molecular weight excluding hydrogens is 445 g/mol. The van der Waals surface area contributed by atoms with Crippen molar-refractivity contribution in [2.75, 3.05) is 24.2 Å². The Kier molecular flexibility index (Phi) is 9.40. The predicted octanol–water partition coefficient (Wildman–Crippen LogP) is 3.23. The number of benzene rings is 2. The van der Waals surface area contributed by atoms with Gasteiger partial charge in [0.05, 0.1) is 11.9 Å². The van der Waals surface area contributed by atoms with Gasteiger partial charge in [-0.05, 0) is 49.6 Å². The summed E-state index contributed by atoms with van der Waals surface area (Å²) in [6.07, 6.45) is 1.83. The number of likely N-dealkylation sites (N-methyl/N-ethyl adjacent to an activating group) is 1. The van der Waals surface area contributed by atoms with Gasteiger partial charge >= 0.3 is 0 Å². The van der Waals surface area contributed by atoms with Crippen LogP contribution >= 0.6 is 0 Å². The molecule has 2 aromatic rings. The molecule has 2 amide bonds. The van der Waals surface area contributed by atoms with E-state index < -0.39 is 21.9 Å². The Balaban J connectivity index is 2.18. The Bertz CT molecular complexity index is 1060. The van der Waals surface area contributed by atoms with Gasteiger partial charge in [0, 0.05) is 26.6 Å². The highest BCUT2D eigenvalue weighted by atomic mass is 32.2. The fraction of sp³-hybridized carbons (Fsp3) is 0.417. The molecule has 2 rings (SSSR count). The highest BCUT2D eigenvalue weighted by molar-refractivity contribution is 7.92. The third kappa shape index (κ3) is 7.56. The van der Waals surface area contributed by atoms with Crippen LogP contribution in [0.4, 0.5) is 10.1 Å². The molecule has 0 aliphatic carbocycles. The van der Waals surface area contributed by atoms with Crippen LogP contribution in [0.25, 0.3) is 0 Å². The lowest BCUT2D eigenvalue weighted by atomic mass is 10.1. The molecule has 1 atom stereocenters. The third-order valence-corrected chi connectivity index (χ3v) is 6.53. The maximum absolute atomic E-state index is 13.3. The minimum absolute atomic E-state index is 0.0608. The SMILES string of the molecule is CC[C@@H](C(=O)NC)N(Cc1cccc(C)c1)C(=O)CCCN(c1ccc(F)cc1)S(C)(=O)=O. The van der Waals surface area contributed by atoms with E-state index in [0.29, 0.717) is 12.1 Å². The number of hydrogen-bond donors (Lipinski definition) is 1. The lowest BCUT2D eigenvalue weighted by Crippen LogP contribution is -2.48. The van der Waals surface area contributed by atoms with Gasteiger partial charge in [-0.1, -0.05) is 36.8 Å². The molecule has 2 aromatic carbocycles. The van der Waals surface area contributed by atoms with Gasteiger partial charge in [-0.15, -0.1) is 0 Å². The van der Waals surface area contributed by atoms with E-state index in [-0.39, 0.29) is 37.7 Å². The van der Waals surface area contributed by atoms with Crippen LogP contribution in [-0.4, -0.2) is 51.0 Å². The smallest absolute Gasteiger partial charge is 0.242 e. The number of nitrogens with zero attached hydrogens (tertiary/aromatic N) is 2. The van der Waals surface area contributed by atoms with E-state index >= 15 is 0 Å². The standard InChI is InChI=1S/C24H32FN3O4S/c1-5-22(24(30)26-3)27(17-19-9-6-8-18(2)16-19)23(29)10-7-15-28(33(4,31)32)21-13-11-20(25)12-14-21/h6,8-9,11-14,16,22H,5,7,10,15,17H2,1-4H3,(H,26,30)/t22-/m0/s1. The van der Waals surface area contributed by atoms with E-state index in [1.54, 1.807) is 4.90 Å². The summed E-state index contributed by atoms with van der Waals surface area (Å²) in [5.41, 5.74) is 2.30. The molecule has 0 aliphatic rings. The van der Waals surface area contributed by atoms with Crippen molar-refractivity contribution in [3.8, 4) is 0 Å². The first-order valence-corrected chi connectivity index (χ1v) is 12.7. The van der Waals surface area contributed by atoms with Gasteiger partial charge in [-0.2, -0.15) is 0 Å². The van der Waals surface area contributed by atoms with Crippen molar-refractivity contribution < 1.29 is 22.4 Å². The van der Waals surface area contributed by atoms with Crippen molar-refractivity contribution >= 4 is 27.5 Å². The zero-order valence-electron chi connectivity index (χ0n) is 19.5. The molecular formula is C24H32FN3O4S. The molecule has 0 fully saturated rings. The van der Waals surface area contributed by atoms with Crippen LogP contribution in [0.5, 0.6) is 0 Å². The largest absolute Gasteiger partial charge is 0.357 e. The number of nitrogens with one attached hydrogen (secondary N) is 1. The minimum atomic E-state index is -3.62. The zero-order chi connectivity index (χ0) is 24.6. The van der Waals surface area contributed by atoms with E-state index in [2.05, 4.69) is 5.32 Å². The molecule has 0 heterocycles. The topological polar surface area (TPSA) is 86.8 Å². The first kappa shape index (κ1) is 26.3. The van der Waals surface area contributed by atoms with Gasteiger partial charge in [0.15, 0.2) is 0 Å². The van der Waals surface area contributed by atoms with E-state index in [9.17, 15) is 22.4 Å². The summed E-state index contributed by atoms with van der Waals surface area (Å²) in [4.78, 5) is 27.2. The number of amides is 2. The molecule has 9 heteroatoms. The molecule has 0 aliphatic heterocycles. The molecule has 33 heavy (non-hydrogen) atoms. The molecule has 0 spiro atoms. The molecule has 0 saturated carbocycles. The highest BCUT2D eigenvalue weighted by Gasteiger charge is 2.28. The Morgan fingerprint density at radius 2 is 1.79 bits per heavy atom. The van der Waals surface area contributed by atoms with Gasteiger partial charge in [-0.25, -0.2) is 12.8 Å². The summed E-state index contributed by atoms with van der Waals surface area (Å²) in [5, 5.41) is 2.62. The molecule has 0 bridgehead atoms. The number of halogens is 1. The first-order valence-electron chi connectivity index (χ1n) is 10.9. The molecule has 1 N–H and O–H groups in total. The van der Waals surface area contributed by atoms with Crippen LogP contribution in [0, 0.1) is 12.7 Å². The number of carbonyl (C=O) groups is 2. The molecule has 7 nitrogen and oxygen atoms in total. The van der Waals surface area contributed by atoms with Crippen molar-refractivity contribution in [3.63, 3.8) is 0 Å². The third-order valence-electron chi connectivity index (χ3n) is 5.33. The van der Waals surface area contributed by atoms with Crippen LogP contribution in [-0.2, 0) is 26.2 Å². The minimum Gasteiger partial charge on any atom is -0.357 e. The molecule has 0 saturated heterocycles. The first-order chi connectivity index (χ1) is 15.6. The van der Waals surface area contributed by atoms with Gasteiger partial charge < -0.3 is 10.2 Å². The normalized spacial score (nSPS) is 12.2. The van der Waals surface area contributed by atoms with Crippen LogP contribution in [0.1, 0.15) is 37.3 Å². The number of rotatable bonds is 11. The molecule has 0 aromatic heterocycles. The summed E-state index contributed by atoms with van der Waals surface area (Å²) in [5.74, 6) is -0.948. The van der Waals surface area contributed by atoms with Crippen molar-refractivity contribution in [1.82, 2.24) is 10.2 Å². The van der Waals surface area contributed by atoms with Gasteiger partial charge in [-0.3, -0.25) is 13.9 Å². The number of aryl methyl sites for hydroxylation is 1. The second-order valence-electron chi connectivity index (χ2n) is 7.96. The van der Waals surface area contributed by atoms with Crippen LogP contribution in [0.15, 0.2) is 48.5 Å². The van der Waals surface area contributed by atoms with Crippen molar-refractivity contribution in [3.05, 3.63) is 65.5 Å². The number of anilines is 1. The Morgan fingerprint density at radius 3 is 2.33 bits per heavy atom. The predicted molar refractivity (Wildman–Crippen MR) is 128 cm³/mol. The second kappa shape index (κ2) is 11.8. The maximum Gasteiger partial charge on any atom is 0.242 e. The van der Waals surface area contributed by atoms with E-state index in [4.69, 9.17) is 0 Å². The molecule has 180 valence electrons. The fourth-order valence-electron chi connectivity index (χ4n) is 3.70. The number of carbonyl (C=O) groups excluding carboxylic acids is 2.